The standard InChI is InChI=1S/C20H31N3O4/c1-7-27-19(26)13-23(14(2)3)12-18(25)22(6)11-17(24)21-20-15(4)9-8-10-16(20)5/h8-10,14H,7,11-13H2,1-6H3,(H,21,24). The number of para-hydroxylation sites is 1. The van der Waals surface area contributed by atoms with E-state index < -0.39 is 0 Å². The molecular weight excluding hydrogens is 346 g/mol. The molecule has 7 heteroatoms. The van der Waals surface area contributed by atoms with Crippen molar-refractivity contribution in [2.24, 2.45) is 0 Å². The van der Waals surface area contributed by atoms with E-state index in [0.717, 1.165) is 16.8 Å². The summed E-state index contributed by atoms with van der Waals surface area (Å²) in [7, 11) is 1.58. The Morgan fingerprint density at radius 1 is 1.07 bits per heavy atom. The van der Waals surface area contributed by atoms with Gasteiger partial charge in [-0.2, -0.15) is 0 Å². The summed E-state index contributed by atoms with van der Waals surface area (Å²) in [4.78, 5) is 39.6. The minimum Gasteiger partial charge on any atom is -0.465 e. The summed E-state index contributed by atoms with van der Waals surface area (Å²) in [5, 5.41) is 2.87. The maximum atomic E-state index is 12.5. The van der Waals surface area contributed by atoms with Crippen molar-refractivity contribution >= 4 is 23.5 Å². The number of esters is 1. The van der Waals surface area contributed by atoms with Crippen LogP contribution in [-0.4, -0.2) is 66.9 Å². The van der Waals surface area contributed by atoms with E-state index in [4.69, 9.17) is 4.74 Å². The summed E-state index contributed by atoms with van der Waals surface area (Å²) >= 11 is 0. The van der Waals surface area contributed by atoms with Gasteiger partial charge in [0, 0.05) is 18.8 Å². The molecule has 0 aliphatic carbocycles. The molecule has 150 valence electrons. The normalized spacial score (nSPS) is 10.8. The minimum atomic E-state index is -0.366. The highest BCUT2D eigenvalue weighted by atomic mass is 16.5. The first-order valence-corrected chi connectivity index (χ1v) is 9.15. The molecule has 1 aromatic carbocycles. The van der Waals surface area contributed by atoms with Crippen molar-refractivity contribution in [1.29, 1.82) is 0 Å². The highest BCUT2D eigenvalue weighted by molar-refractivity contribution is 5.95. The zero-order chi connectivity index (χ0) is 20.6. The quantitative estimate of drug-likeness (QED) is 0.666. The number of benzene rings is 1. The Kier molecular flexibility index (Phi) is 8.94. The van der Waals surface area contributed by atoms with E-state index in [2.05, 4.69) is 5.32 Å². The molecule has 0 saturated heterocycles. The van der Waals surface area contributed by atoms with Gasteiger partial charge in [-0.3, -0.25) is 19.3 Å². The third-order valence-corrected chi connectivity index (χ3v) is 4.26. The summed E-state index contributed by atoms with van der Waals surface area (Å²) in [5.74, 6) is -0.858. The lowest BCUT2D eigenvalue weighted by Crippen LogP contribution is -2.45. The molecule has 7 nitrogen and oxygen atoms in total. The van der Waals surface area contributed by atoms with Crippen LogP contribution in [0.2, 0.25) is 0 Å². The van der Waals surface area contributed by atoms with Gasteiger partial charge in [-0.25, -0.2) is 0 Å². The molecule has 0 saturated carbocycles. The maximum Gasteiger partial charge on any atom is 0.320 e. The van der Waals surface area contributed by atoms with Crippen LogP contribution in [0.3, 0.4) is 0 Å². The number of carbonyl (C=O) groups excluding carboxylic acids is 3. The van der Waals surface area contributed by atoms with E-state index in [1.165, 1.54) is 4.90 Å². The topological polar surface area (TPSA) is 79.0 Å². The van der Waals surface area contributed by atoms with Crippen molar-refractivity contribution in [3.8, 4) is 0 Å². The molecule has 1 aromatic rings. The number of hydrogen-bond donors (Lipinski definition) is 1. The first-order valence-electron chi connectivity index (χ1n) is 9.15. The fourth-order valence-corrected chi connectivity index (χ4v) is 2.58. The van der Waals surface area contributed by atoms with Gasteiger partial charge in [-0.15, -0.1) is 0 Å². The fourth-order valence-electron chi connectivity index (χ4n) is 2.58. The lowest BCUT2D eigenvalue weighted by Gasteiger charge is -2.27. The molecule has 0 heterocycles. The van der Waals surface area contributed by atoms with E-state index >= 15 is 0 Å². The van der Waals surface area contributed by atoms with Crippen LogP contribution in [-0.2, 0) is 19.1 Å². The second kappa shape index (κ2) is 10.7. The Morgan fingerprint density at radius 3 is 2.19 bits per heavy atom. The SMILES string of the molecule is CCOC(=O)CN(CC(=O)N(C)CC(=O)Nc1c(C)cccc1C)C(C)C. The average molecular weight is 377 g/mol. The number of ether oxygens (including phenoxy) is 1. The number of hydrogen-bond acceptors (Lipinski definition) is 5. The molecule has 0 atom stereocenters. The smallest absolute Gasteiger partial charge is 0.320 e. The molecule has 2 amide bonds. The van der Waals surface area contributed by atoms with Crippen LogP contribution in [0.1, 0.15) is 31.9 Å². The lowest BCUT2D eigenvalue weighted by atomic mass is 10.1. The van der Waals surface area contributed by atoms with E-state index in [1.54, 1.807) is 18.9 Å². The molecule has 0 aromatic heterocycles. The van der Waals surface area contributed by atoms with Crippen molar-refractivity contribution in [3.05, 3.63) is 29.3 Å². The highest BCUT2D eigenvalue weighted by Crippen LogP contribution is 2.19. The summed E-state index contributed by atoms with van der Waals surface area (Å²) in [6.45, 7) is 9.73. The average Bonchev–Trinajstić information content (AvgIpc) is 2.57. The predicted octanol–water partition coefficient (Wildman–Crippen LogP) is 1.97. The Balaban J connectivity index is 2.64. The van der Waals surface area contributed by atoms with Crippen LogP contribution in [0.15, 0.2) is 18.2 Å². The van der Waals surface area contributed by atoms with Crippen molar-refractivity contribution in [2.45, 2.75) is 40.7 Å². The second-order valence-corrected chi connectivity index (χ2v) is 6.87. The number of nitrogens with zero attached hydrogens (tertiary/aromatic N) is 2. The van der Waals surface area contributed by atoms with Gasteiger partial charge in [0.25, 0.3) is 0 Å². The monoisotopic (exact) mass is 377 g/mol. The second-order valence-electron chi connectivity index (χ2n) is 6.87. The fraction of sp³-hybridized carbons (Fsp3) is 0.550. The largest absolute Gasteiger partial charge is 0.465 e. The molecule has 0 aliphatic heterocycles. The Labute approximate surface area is 161 Å². The molecule has 0 fully saturated rings. The Bertz CT molecular complexity index is 653. The van der Waals surface area contributed by atoms with E-state index in [-0.39, 0.29) is 43.5 Å². The summed E-state index contributed by atoms with van der Waals surface area (Å²) in [6, 6.07) is 5.77. The number of amides is 2. The summed E-state index contributed by atoms with van der Waals surface area (Å²) in [6.07, 6.45) is 0. The number of likely N-dealkylation sites (N-methyl/N-ethyl adjacent to an activating group) is 1. The Morgan fingerprint density at radius 2 is 1.67 bits per heavy atom. The van der Waals surface area contributed by atoms with Crippen molar-refractivity contribution in [3.63, 3.8) is 0 Å². The third-order valence-electron chi connectivity index (χ3n) is 4.26. The van der Waals surface area contributed by atoms with Crippen LogP contribution < -0.4 is 5.32 Å². The number of rotatable bonds is 9. The predicted molar refractivity (Wildman–Crippen MR) is 106 cm³/mol. The number of aryl methyl sites for hydroxylation is 2. The minimum absolute atomic E-state index is 0.00444. The zero-order valence-electron chi connectivity index (χ0n) is 17.2. The van der Waals surface area contributed by atoms with Gasteiger partial charge in [-0.1, -0.05) is 18.2 Å². The van der Waals surface area contributed by atoms with Crippen molar-refractivity contribution < 1.29 is 19.1 Å². The van der Waals surface area contributed by atoms with Crippen LogP contribution in [0, 0.1) is 13.8 Å². The first-order chi connectivity index (χ1) is 12.6. The molecule has 0 spiro atoms. The van der Waals surface area contributed by atoms with E-state index in [9.17, 15) is 14.4 Å². The van der Waals surface area contributed by atoms with Crippen molar-refractivity contribution in [1.82, 2.24) is 9.80 Å². The number of nitrogens with one attached hydrogen (secondary N) is 1. The lowest BCUT2D eigenvalue weighted by molar-refractivity contribution is -0.146. The maximum absolute atomic E-state index is 12.5. The van der Waals surface area contributed by atoms with Crippen LogP contribution in [0.25, 0.3) is 0 Å². The van der Waals surface area contributed by atoms with Gasteiger partial charge >= 0.3 is 5.97 Å². The molecule has 0 radical (unpaired) electrons. The van der Waals surface area contributed by atoms with Crippen molar-refractivity contribution in [2.75, 3.05) is 38.6 Å². The summed E-state index contributed by atoms with van der Waals surface area (Å²) < 4.78 is 4.95. The summed E-state index contributed by atoms with van der Waals surface area (Å²) in [5.41, 5.74) is 2.71. The van der Waals surface area contributed by atoms with Gasteiger partial charge < -0.3 is 15.0 Å². The highest BCUT2D eigenvalue weighted by Gasteiger charge is 2.21. The molecular formula is C20H31N3O4. The molecule has 0 aliphatic rings. The molecule has 0 bridgehead atoms. The van der Waals surface area contributed by atoms with Gasteiger partial charge in [0.05, 0.1) is 26.2 Å². The van der Waals surface area contributed by atoms with Gasteiger partial charge in [0.2, 0.25) is 11.8 Å². The molecule has 1 N–H and O–H groups in total. The van der Waals surface area contributed by atoms with Crippen LogP contribution >= 0.6 is 0 Å². The number of carbonyl (C=O) groups is 3. The van der Waals surface area contributed by atoms with Crippen LogP contribution in [0.4, 0.5) is 5.69 Å². The Hall–Kier alpha value is -2.41. The van der Waals surface area contributed by atoms with Crippen LogP contribution in [0.5, 0.6) is 0 Å². The first kappa shape index (κ1) is 22.6. The van der Waals surface area contributed by atoms with Gasteiger partial charge in [0.1, 0.15) is 0 Å². The molecule has 1 rings (SSSR count). The third kappa shape index (κ3) is 7.38. The zero-order valence-corrected chi connectivity index (χ0v) is 17.2. The van der Waals surface area contributed by atoms with Gasteiger partial charge in [0.15, 0.2) is 0 Å². The number of anilines is 1. The van der Waals surface area contributed by atoms with E-state index in [1.807, 2.05) is 45.9 Å². The molecule has 27 heavy (non-hydrogen) atoms. The van der Waals surface area contributed by atoms with Gasteiger partial charge in [-0.05, 0) is 45.7 Å². The van der Waals surface area contributed by atoms with E-state index in [0.29, 0.717) is 6.61 Å². The molecule has 0 unspecified atom stereocenters.